The molecule has 1 atom stereocenters. The van der Waals surface area contributed by atoms with Gasteiger partial charge in [0.1, 0.15) is 15.7 Å². The van der Waals surface area contributed by atoms with Gasteiger partial charge in [-0.1, -0.05) is 12.1 Å². The van der Waals surface area contributed by atoms with Gasteiger partial charge in [-0.15, -0.1) is 0 Å². The van der Waals surface area contributed by atoms with Gasteiger partial charge in [0.05, 0.1) is 11.5 Å². The maximum atomic E-state index is 13.0. The molecule has 2 aliphatic heterocycles. The molecule has 0 unspecified atom stereocenters. The lowest BCUT2D eigenvalue weighted by Crippen LogP contribution is -2.53. The van der Waals surface area contributed by atoms with E-state index in [1.165, 1.54) is 12.1 Å². The average Bonchev–Trinajstić information content (AvgIpc) is 2.63. The van der Waals surface area contributed by atoms with Crippen LogP contribution in [-0.2, 0) is 16.4 Å². The van der Waals surface area contributed by atoms with Crippen molar-refractivity contribution in [3.05, 3.63) is 35.6 Å². The first-order chi connectivity index (χ1) is 12.8. The summed E-state index contributed by atoms with van der Waals surface area (Å²) in [7, 11) is -1.18. The third-order valence-corrected chi connectivity index (χ3v) is 7.26. The number of carbonyl (C=O) groups is 1. The lowest BCUT2D eigenvalue weighted by atomic mass is 10.0. The van der Waals surface area contributed by atoms with Crippen molar-refractivity contribution in [2.24, 2.45) is 0 Å². The van der Waals surface area contributed by atoms with E-state index in [1.807, 2.05) is 0 Å². The number of rotatable bonds is 4. The fraction of sp³-hybridized carbons (Fsp3) is 0.632. The molecular weight excluding hydrogens is 369 g/mol. The van der Waals surface area contributed by atoms with E-state index in [9.17, 15) is 17.6 Å². The van der Waals surface area contributed by atoms with Crippen LogP contribution in [0.5, 0.6) is 0 Å². The number of nitrogens with one attached hydrogen (secondary N) is 1. The maximum absolute atomic E-state index is 13.0. The number of hydrogen-bond donors (Lipinski definition) is 1. The molecule has 150 valence electrons. The Hall–Kier alpha value is -1.67. The predicted octanol–water partition coefficient (Wildman–Crippen LogP) is 2.01. The first-order valence-corrected chi connectivity index (χ1v) is 11.3. The number of piperidine rings is 1. The number of amides is 2. The zero-order valence-electron chi connectivity index (χ0n) is 15.7. The number of halogens is 1. The van der Waals surface area contributed by atoms with Crippen molar-refractivity contribution in [3.63, 3.8) is 0 Å². The first kappa shape index (κ1) is 20.1. The monoisotopic (exact) mass is 397 g/mol. The van der Waals surface area contributed by atoms with E-state index in [2.05, 4.69) is 10.2 Å². The summed E-state index contributed by atoms with van der Waals surface area (Å²) in [5.74, 6) is 0.0787. The van der Waals surface area contributed by atoms with Crippen LogP contribution in [0.15, 0.2) is 24.3 Å². The summed E-state index contributed by atoms with van der Waals surface area (Å²) in [5, 5.41) is 3.10. The number of urea groups is 1. The molecule has 3 rings (SSSR count). The average molecular weight is 398 g/mol. The topological polar surface area (TPSA) is 69.7 Å². The number of carbonyl (C=O) groups excluding carboxylic acids is 1. The Morgan fingerprint density at radius 2 is 1.89 bits per heavy atom. The van der Waals surface area contributed by atoms with Crippen LogP contribution in [0.2, 0.25) is 0 Å². The van der Waals surface area contributed by atoms with Crippen molar-refractivity contribution < 1.29 is 17.6 Å². The van der Waals surface area contributed by atoms with Gasteiger partial charge >= 0.3 is 6.03 Å². The third kappa shape index (κ3) is 5.65. The molecule has 1 N–H and O–H groups in total. The highest BCUT2D eigenvalue weighted by Crippen LogP contribution is 2.18. The minimum absolute atomic E-state index is 0.0209. The van der Waals surface area contributed by atoms with E-state index in [4.69, 9.17) is 0 Å². The summed E-state index contributed by atoms with van der Waals surface area (Å²) >= 11 is 0. The van der Waals surface area contributed by atoms with Crippen LogP contribution < -0.4 is 5.32 Å². The van der Waals surface area contributed by atoms with Crippen molar-refractivity contribution in [3.8, 4) is 0 Å². The normalized spacial score (nSPS) is 23.7. The molecule has 0 aromatic heterocycles. The van der Waals surface area contributed by atoms with E-state index in [0.717, 1.165) is 38.0 Å². The molecule has 2 amide bonds. The molecule has 2 saturated heterocycles. The highest BCUT2D eigenvalue weighted by atomic mass is 32.2. The fourth-order valence-corrected chi connectivity index (χ4v) is 5.34. The quantitative estimate of drug-likeness (QED) is 0.844. The molecule has 0 saturated carbocycles. The standard InChI is InChI=1S/C19H28FN3O3S/c1-22(18-8-11-27(25,26)12-9-18)19(24)21-17-3-2-10-23(14-17)13-15-4-6-16(20)7-5-15/h4-7,17-18H,2-3,8-14H2,1H3,(H,21,24)/t17-/m0/s1. The molecule has 6 nitrogen and oxygen atoms in total. The molecule has 2 heterocycles. The van der Waals surface area contributed by atoms with Gasteiger partial charge in [0, 0.05) is 32.2 Å². The summed E-state index contributed by atoms with van der Waals surface area (Å²) in [6.07, 6.45) is 2.94. The van der Waals surface area contributed by atoms with Crippen LogP contribution >= 0.6 is 0 Å². The minimum Gasteiger partial charge on any atom is -0.334 e. The Morgan fingerprint density at radius 1 is 1.22 bits per heavy atom. The van der Waals surface area contributed by atoms with Crippen molar-refractivity contribution >= 4 is 15.9 Å². The molecule has 0 spiro atoms. The van der Waals surface area contributed by atoms with E-state index in [-0.39, 0.29) is 35.4 Å². The lowest BCUT2D eigenvalue weighted by Gasteiger charge is -2.36. The fourth-order valence-electron chi connectivity index (χ4n) is 3.87. The number of benzene rings is 1. The van der Waals surface area contributed by atoms with E-state index < -0.39 is 9.84 Å². The smallest absolute Gasteiger partial charge is 0.317 e. The van der Waals surface area contributed by atoms with Crippen LogP contribution in [0.3, 0.4) is 0 Å². The third-order valence-electron chi connectivity index (χ3n) is 5.54. The summed E-state index contributed by atoms with van der Waals surface area (Å²) in [6, 6.07) is 6.45. The summed E-state index contributed by atoms with van der Waals surface area (Å²) < 4.78 is 36.2. The van der Waals surface area contributed by atoms with Crippen molar-refractivity contribution in [2.45, 2.75) is 44.3 Å². The van der Waals surface area contributed by atoms with E-state index in [1.54, 1.807) is 24.1 Å². The Morgan fingerprint density at radius 3 is 2.56 bits per heavy atom. The molecule has 2 aliphatic rings. The second-order valence-electron chi connectivity index (χ2n) is 7.64. The van der Waals surface area contributed by atoms with Crippen LogP contribution in [0.1, 0.15) is 31.2 Å². The van der Waals surface area contributed by atoms with Gasteiger partial charge in [0.2, 0.25) is 0 Å². The summed E-state index contributed by atoms with van der Waals surface area (Å²) in [4.78, 5) is 16.5. The van der Waals surface area contributed by atoms with Crippen LogP contribution in [0, 0.1) is 5.82 Å². The zero-order valence-corrected chi connectivity index (χ0v) is 16.5. The van der Waals surface area contributed by atoms with Crippen molar-refractivity contribution in [1.82, 2.24) is 15.1 Å². The van der Waals surface area contributed by atoms with Crippen LogP contribution in [-0.4, -0.2) is 68.0 Å². The van der Waals surface area contributed by atoms with Crippen LogP contribution in [0.4, 0.5) is 9.18 Å². The van der Waals surface area contributed by atoms with Crippen molar-refractivity contribution in [1.29, 1.82) is 0 Å². The highest BCUT2D eigenvalue weighted by molar-refractivity contribution is 7.91. The van der Waals surface area contributed by atoms with Gasteiger partial charge in [-0.25, -0.2) is 17.6 Å². The second-order valence-corrected chi connectivity index (χ2v) is 9.95. The number of likely N-dealkylation sites (tertiary alicyclic amines) is 1. The Balaban J connectivity index is 1.49. The number of nitrogens with zero attached hydrogens (tertiary/aromatic N) is 2. The highest BCUT2D eigenvalue weighted by Gasteiger charge is 2.30. The maximum Gasteiger partial charge on any atom is 0.317 e. The molecule has 1 aromatic rings. The van der Waals surface area contributed by atoms with Gasteiger partial charge in [-0.2, -0.15) is 0 Å². The lowest BCUT2D eigenvalue weighted by molar-refractivity contribution is 0.157. The van der Waals surface area contributed by atoms with E-state index >= 15 is 0 Å². The predicted molar refractivity (Wildman–Crippen MR) is 103 cm³/mol. The van der Waals surface area contributed by atoms with Crippen LogP contribution in [0.25, 0.3) is 0 Å². The molecule has 2 fully saturated rings. The largest absolute Gasteiger partial charge is 0.334 e. The molecule has 1 aromatic carbocycles. The summed E-state index contributed by atoms with van der Waals surface area (Å²) in [5.41, 5.74) is 1.06. The summed E-state index contributed by atoms with van der Waals surface area (Å²) in [6.45, 7) is 2.46. The van der Waals surface area contributed by atoms with Gasteiger partial charge in [-0.05, 0) is 49.9 Å². The van der Waals surface area contributed by atoms with Gasteiger partial charge < -0.3 is 10.2 Å². The minimum atomic E-state index is -2.93. The van der Waals surface area contributed by atoms with E-state index in [0.29, 0.717) is 12.8 Å². The second kappa shape index (κ2) is 8.56. The SMILES string of the molecule is CN(C(=O)N[C@H]1CCCN(Cc2ccc(F)cc2)C1)C1CCS(=O)(=O)CC1. The molecule has 0 bridgehead atoms. The van der Waals surface area contributed by atoms with Gasteiger partial charge in [0.15, 0.2) is 0 Å². The molecule has 0 aliphatic carbocycles. The Bertz CT molecular complexity index is 740. The molecule has 8 heteroatoms. The first-order valence-electron chi connectivity index (χ1n) is 9.53. The molecule has 27 heavy (non-hydrogen) atoms. The van der Waals surface area contributed by atoms with Crippen molar-refractivity contribution in [2.75, 3.05) is 31.6 Å². The Kier molecular flexibility index (Phi) is 6.37. The zero-order chi connectivity index (χ0) is 19.4. The molecular formula is C19H28FN3O3S. The Labute approximate surface area is 160 Å². The molecule has 0 radical (unpaired) electrons. The van der Waals surface area contributed by atoms with Gasteiger partial charge in [-0.3, -0.25) is 4.90 Å². The van der Waals surface area contributed by atoms with Gasteiger partial charge in [0.25, 0.3) is 0 Å². The number of sulfone groups is 1. The number of hydrogen-bond acceptors (Lipinski definition) is 4.